The van der Waals surface area contributed by atoms with Crippen molar-refractivity contribution in [3.05, 3.63) is 72.1 Å². The first-order valence-electron chi connectivity index (χ1n) is 8.26. The standard InChI is InChI=1S/C20H19N5O2.2H2/c1-25(2)20(27)14-10-8-13(9-11-14)16-12-22-18(21)17(24-16)19(26)23-15-6-4-3-5-7-15;;/h3-12H,1-2H3,(H2,21,22)(H,23,26);2*1H. The Kier molecular flexibility index (Phi) is 5.12. The summed E-state index contributed by atoms with van der Waals surface area (Å²) in [5.41, 5.74) is 8.30. The van der Waals surface area contributed by atoms with Gasteiger partial charge >= 0.3 is 0 Å². The predicted octanol–water partition coefficient (Wildman–Crippen LogP) is 3.17. The summed E-state index contributed by atoms with van der Waals surface area (Å²) in [7, 11) is 3.39. The summed E-state index contributed by atoms with van der Waals surface area (Å²) in [5.74, 6) is -0.480. The second-order valence-corrected chi connectivity index (χ2v) is 6.09. The van der Waals surface area contributed by atoms with Gasteiger partial charge in [0.05, 0.1) is 11.9 Å². The molecule has 1 heterocycles. The zero-order valence-electron chi connectivity index (χ0n) is 15.0. The van der Waals surface area contributed by atoms with Gasteiger partial charge in [-0.3, -0.25) is 9.59 Å². The first-order valence-corrected chi connectivity index (χ1v) is 8.26. The molecule has 3 N–H and O–H groups in total. The van der Waals surface area contributed by atoms with Crippen molar-refractivity contribution in [1.29, 1.82) is 0 Å². The zero-order valence-corrected chi connectivity index (χ0v) is 15.0. The van der Waals surface area contributed by atoms with E-state index in [1.54, 1.807) is 50.5 Å². The Morgan fingerprint density at radius 2 is 1.70 bits per heavy atom. The summed E-state index contributed by atoms with van der Waals surface area (Å²) >= 11 is 0. The Balaban J connectivity index is 0.00000210. The lowest BCUT2D eigenvalue weighted by molar-refractivity contribution is 0.0827. The van der Waals surface area contributed by atoms with Crippen molar-refractivity contribution in [3.63, 3.8) is 0 Å². The maximum atomic E-state index is 12.5. The molecule has 0 radical (unpaired) electrons. The molecule has 140 valence electrons. The first-order chi connectivity index (χ1) is 13.0. The summed E-state index contributed by atoms with van der Waals surface area (Å²) in [5, 5.41) is 2.74. The summed E-state index contributed by atoms with van der Waals surface area (Å²) in [4.78, 5) is 34.4. The lowest BCUT2D eigenvalue weighted by Crippen LogP contribution is -2.21. The number of hydrogen-bond donors (Lipinski definition) is 2. The van der Waals surface area contributed by atoms with E-state index in [0.29, 0.717) is 16.9 Å². The quantitative estimate of drug-likeness (QED) is 0.739. The van der Waals surface area contributed by atoms with Gasteiger partial charge in [-0.05, 0) is 24.3 Å². The highest BCUT2D eigenvalue weighted by Gasteiger charge is 2.15. The molecule has 2 amide bonds. The molecule has 0 aliphatic carbocycles. The molecule has 3 aromatic rings. The van der Waals surface area contributed by atoms with Gasteiger partial charge in [0.1, 0.15) is 0 Å². The van der Waals surface area contributed by atoms with E-state index in [2.05, 4.69) is 15.3 Å². The largest absolute Gasteiger partial charge is 0.382 e. The van der Waals surface area contributed by atoms with Crippen molar-refractivity contribution in [1.82, 2.24) is 14.9 Å². The third-order valence-electron chi connectivity index (χ3n) is 3.88. The van der Waals surface area contributed by atoms with Crippen LogP contribution in [0, 0.1) is 0 Å². The number of carbonyl (C=O) groups excluding carboxylic acids is 2. The van der Waals surface area contributed by atoms with Gasteiger partial charge in [-0.15, -0.1) is 0 Å². The highest BCUT2D eigenvalue weighted by Crippen LogP contribution is 2.20. The monoisotopic (exact) mass is 365 g/mol. The predicted molar refractivity (Wildman–Crippen MR) is 109 cm³/mol. The van der Waals surface area contributed by atoms with Crippen LogP contribution < -0.4 is 11.1 Å². The second-order valence-electron chi connectivity index (χ2n) is 6.09. The molecule has 1 aromatic heterocycles. The molecule has 0 atom stereocenters. The van der Waals surface area contributed by atoms with Crippen molar-refractivity contribution < 1.29 is 12.4 Å². The average molecular weight is 365 g/mol. The van der Waals surface area contributed by atoms with E-state index in [9.17, 15) is 9.59 Å². The normalized spacial score (nSPS) is 10.3. The van der Waals surface area contributed by atoms with Gasteiger partial charge < -0.3 is 16.0 Å². The van der Waals surface area contributed by atoms with Crippen LogP contribution in [-0.2, 0) is 0 Å². The number of benzene rings is 2. The number of carbonyl (C=O) groups is 2. The number of aromatic nitrogens is 2. The first kappa shape index (κ1) is 18.1. The molecule has 0 aliphatic rings. The molecule has 7 nitrogen and oxygen atoms in total. The van der Waals surface area contributed by atoms with E-state index in [1.807, 2.05) is 18.2 Å². The number of rotatable bonds is 4. The number of anilines is 2. The van der Waals surface area contributed by atoms with E-state index in [1.165, 1.54) is 11.1 Å². The molecule has 0 aliphatic heterocycles. The SMILES string of the molecule is CN(C)C(=O)c1ccc(-c2cnc(N)c(C(=O)Nc3ccccc3)n2)cc1.[HH].[HH]. The maximum absolute atomic E-state index is 12.5. The van der Waals surface area contributed by atoms with Crippen molar-refractivity contribution in [2.45, 2.75) is 0 Å². The number of nitrogens with one attached hydrogen (secondary N) is 1. The zero-order chi connectivity index (χ0) is 19.4. The molecule has 7 heteroatoms. The van der Waals surface area contributed by atoms with Crippen molar-refractivity contribution in [3.8, 4) is 11.3 Å². The molecule has 0 spiro atoms. The molecular formula is C20H23N5O2. The fourth-order valence-corrected chi connectivity index (χ4v) is 2.46. The number of amides is 2. The van der Waals surface area contributed by atoms with Crippen LogP contribution in [0.4, 0.5) is 11.5 Å². The van der Waals surface area contributed by atoms with Crippen LogP contribution in [0.5, 0.6) is 0 Å². The summed E-state index contributed by atoms with van der Waals surface area (Å²) in [6.07, 6.45) is 1.50. The minimum atomic E-state index is -0.438. The minimum Gasteiger partial charge on any atom is -0.382 e. The average Bonchev–Trinajstić information content (AvgIpc) is 2.68. The number of para-hydroxylation sites is 1. The number of hydrogen-bond acceptors (Lipinski definition) is 5. The molecule has 0 unspecified atom stereocenters. The van der Waals surface area contributed by atoms with Gasteiger partial charge in [0.2, 0.25) is 0 Å². The van der Waals surface area contributed by atoms with Crippen LogP contribution in [0.1, 0.15) is 23.7 Å². The van der Waals surface area contributed by atoms with Gasteiger partial charge in [-0.1, -0.05) is 30.3 Å². The Morgan fingerprint density at radius 1 is 1.04 bits per heavy atom. The lowest BCUT2D eigenvalue weighted by Gasteiger charge is -2.11. The molecule has 0 saturated heterocycles. The number of nitrogens with zero attached hydrogens (tertiary/aromatic N) is 3. The van der Waals surface area contributed by atoms with Crippen LogP contribution >= 0.6 is 0 Å². The smallest absolute Gasteiger partial charge is 0.278 e. The molecular weight excluding hydrogens is 342 g/mol. The third-order valence-corrected chi connectivity index (χ3v) is 3.88. The number of nitrogens with two attached hydrogens (primary N) is 1. The van der Waals surface area contributed by atoms with E-state index in [4.69, 9.17) is 5.73 Å². The molecule has 27 heavy (non-hydrogen) atoms. The molecule has 2 aromatic carbocycles. The number of nitrogen functional groups attached to an aromatic ring is 1. The fourth-order valence-electron chi connectivity index (χ4n) is 2.46. The molecule has 3 rings (SSSR count). The van der Waals surface area contributed by atoms with Crippen molar-refractivity contribution >= 4 is 23.3 Å². The molecule has 0 bridgehead atoms. The van der Waals surface area contributed by atoms with Gasteiger partial charge in [-0.2, -0.15) is 0 Å². The van der Waals surface area contributed by atoms with Gasteiger partial charge in [0.15, 0.2) is 11.5 Å². The Bertz CT molecular complexity index is 980. The second kappa shape index (κ2) is 7.65. The van der Waals surface area contributed by atoms with E-state index in [0.717, 1.165) is 5.56 Å². The molecule has 0 fully saturated rings. The van der Waals surface area contributed by atoms with Crippen LogP contribution in [0.3, 0.4) is 0 Å². The highest BCUT2D eigenvalue weighted by atomic mass is 16.2. The van der Waals surface area contributed by atoms with Crippen LogP contribution in [0.15, 0.2) is 60.8 Å². The van der Waals surface area contributed by atoms with Gasteiger partial charge in [-0.25, -0.2) is 9.97 Å². The Morgan fingerprint density at radius 3 is 2.33 bits per heavy atom. The minimum absolute atomic E-state index is 0. The fraction of sp³-hybridized carbons (Fsp3) is 0.100. The highest BCUT2D eigenvalue weighted by molar-refractivity contribution is 6.06. The maximum Gasteiger partial charge on any atom is 0.278 e. The van der Waals surface area contributed by atoms with E-state index in [-0.39, 0.29) is 20.3 Å². The van der Waals surface area contributed by atoms with Crippen LogP contribution in [0.25, 0.3) is 11.3 Å². The van der Waals surface area contributed by atoms with Crippen LogP contribution in [0.2, 0.25) is 0 Å². The van der Waals surface area contributed by atoms with E-state index < -0.39 is 5.91 Å². The van der Waals surface area contributed by atoms with Crippen molar-refractivity contribution in [2.75, 3.05) is 25.1 Å². The summed E-state index contributed by atoms with van der Waals surface area (Å²) in [6, 6.07) is 16.0. The van der Waals surface area contributed by atoms with Gasteiger partial charge in [0.25, 0.3) is 11.8 Å². The summed E-state index contributed by atoms with van der Waals surface area (Å²) in [6.45, 7) is 0. The Hall–Kier alpha value is -3.74. The van der Waals surface area contributed by atoms with Crippen LogP contribution in [-0.4, -0.2) is 40.8 Å². The van der Waals surface area contributed by atoms with Crippen molar-refractivity contribution in [2.24, 2.45) is 0 Å². The van der Waals surface area contributed by atoms with E-state index >= 15 is 0 Å². The third kappa shape index (κ3) is 4.09. The molecule has 0 saturated carbocycles. The van der Waals surface area contributed by atoms with Gasteiger partial charge in [0, 0.05) is 33.8 Å². The lowest BCUT2D eigenvalue weighted by atomic mass is 10.1. The topological polar surface area (TPSA) is 101 Å². The summed E-state index contributed by atoms with van der Waals surface area (Å²) < 4.78 is 0. The Labute approximate surface area is 159 Å².